The van der Waals surface area contributed by atoms with Crippen LogP contribution in [0.2, 0.25) is 0 Å². The molecule has 1 fully saturated rings. The molecule has 0 spiro atoms. The van der Waals surface area contributed by atoms with Gasteiger partial charge in [-0.25, -0.2) is 4.39 Å². The van der Waals surface area contributed by atoms with Crippen molar-refractivity contribution in [3.8, 4) is 0 Å². The van der Waals surface area contributed by atoms with Gasteiger partial charge in [-0.1, -0.05) is 25.7 Å². The third kappa shape index (κ3) is 2.55. The highest BCUT2D eigenvalue weighted by molar-refractivity contribution is 5.98. The van der Waals surface area contributed by atoms with Crippen molar-refractivity contribution >= 4 is 22.3 Å². The average Bonchev–Trinajstić information content (AvgIpc) is 2.72. The first kappa shape index (κ1) is 13.2. The molecule has 0 atom stereocenters. The number of pyridine rings is 1. The van der Waals surface area contributed by atoms with Crippen LogP contribution < -0.4 is 11.1 Å². The van der Waals surface area contributed by atoms with Crippen LogP contribution in [0.5, 0.6) is 0 Å². The van der Waals surface area contributed by atoms with Gasteiger partial charge in [0, 0.05) is 23.3 Å². The van der Waals surface area contributed by atoms with Crippen LogP contribution in [0.25, 0.3) is 10.9 Å². The number of nitrogen functional groups attached to an aromatic ring is 1. The molecule has 1 aliphatic rings. The Labute approximate surface area is 118 Å². The molecule has 0 radical (unpaired) electrons. The van der Waals surface area contributed by atoms with Gasteiger partial charge in [-0.15, -0.1) is 0 Å². The second-order valence-electron chi connectivity index (χ2n) is 5.56. The van der Waals surface area contributed by atoms with Crippen molar-refractivity contribution in [3.63, 3.8) is 0 Å². The molecule has 0 saturated heterocycles. The molecule has 3 N–H and O–H groups in total. The highest BCUT2D eigenvalue weighted by Gasteiger charge is 2.17. The van der Waals surface area contributed by atoms with E-state index in [-0.39, 0.29) is 5.82 Å². The molecule has 0 amide bonds. The largest absolute Gasteiger partial charge is 0.398 e. The molecule has 1 aromatic carbocycles. The molecular weight excluding hydrogens is 253 g/mol. The summed E-state index contributed by atoms with van der Waals surface area (Å²) >= 11 is 0. The van der Waals surface area contributed by atoms with E-state index in [2.05, 4.69) is 10.3 Å². The first-order valence-electron chi connectivity index (χ1n) is 7.35. The summed E-state index contributed by atoms with van der Waals surface area (Å²) in [7, 11) is 0. The normalized spacial score (nSPS) is 17.1. The van der Waals surface area contributed by atoms with Gasteiger partial charge < -0.3 is 11.1 Å². The molecule has 1 saturated carbocycles. The minimum atomic E-state index is -0.307. The van der Waals surface area contributed by atoms with E-state index in [9.17, 15) is 4.39 Å². The second-order valence-corrected chi connectivity index (χ2v) is 5.56. The quantitative estimate of drug-likeness (QED) is 0.640. The van der Waals surface area contributed by atoms with Crippen LogP contribution in [-0.4, -0.2) is 11.0 Å². The highest BCUT2D eigenvalue weighted by atomic mass is 19.1. The van der Waals surface area contributed by atoms with Crippen LogP contribution in [-0.2, 0) is 0 Å². The van der Waals surface area contributed by atoms with Gasteiger partial charge >= 0.3 is 0 Å². The van der Waals surface area contributed by atoms with Crippen molar-refractivity contribution < 1.29 is 4.39 Å². The molecule has 3 rings (SSSR count). The molecule has 1 aromatic heterocycles. The number of nitrogens with one attached hydrogen (secondary N) is 1. The van der Waals surface area contributed by atoms with Gasteiger partial charge in [0.15, 0.2) is 5.82 Å². The monoisotopic (exact) mass is 273 g/mol. The predicted octanol–water partition coefficient (Wildman–Crippen LogP) is 4.09. The Hall–Kier alpha value is -1.84. The standard InChI is InChI=1S/C16H20FN3/c17-13-10-14(18)12-8-5-9-19-15(12)16(13)20-11-6-3-1-2-4-7-11/h5,8-11,20H,1-4,6-7,18H2. The van der Waals surface area contributed by atoms with E-state index in [4.69, 9.17) is 5.73 Å². The summed E-state index contributed by atoms with van der Waals surface area (Å²) in [6.07, 6.45) is 8.85. The lowest BCUT2D eigenvalue weighted by Gasteiger charge is -2.19. The molecule has 3 nitrogen and oxygen atoms in total. The molecule has 1 heterocycles. The van der Waals surface area contributed by atoms with Crippen LogP contribution in [0.1, 0.15) is 38.5 Å². The minimum absolute atomic E-state index is 0.307. The lowest BCUT2D eigenvalue weighted by Crippen LogP contribution is -2.19. The first-order valence-corrected chi connectivity index (χ1v) is 7.35. The number of nitrogens with two attached hydrogens (primary N) is 1. The van der Waals surface area contributed by atoms with Crippen molar-refractivity contribution in [2.24, 2.45) is 0 Å². The van der Waals surface area contributed by atoms with Crippen molar-refractivity contribution in [2.75, 3.05) is 11.1 Å². The van der Waals surface area contributed by atoms with E-state index < -0.39 is 0 Å². The Morgan fingerprint density at radius 2 is 1.95 bits per heavy atom. The van der Waals surface area contributed by atoms with Gasteiger partial charge in [0.05, 0.1) is 11.2 Å². The fourth-order valence-corrected chi connectivity index (χ4v) is 3.00. The van der Waals surface area contributed by atoms with Gasteiger partial charge in [0.2, 0.25) is 0 Å². The Balaban J connectivity index is 1.97. The molecule has 20 heavy (non-hydrogen) atoms. The van der Waals surface area contributed by atoms with Crippen LogP contribution in [0.4, 0.5) is 15.8 Å². The maximum absolute atomic E-state index is 14.3. The van der Waals surface area contributed by atoms with Crippen molar-refractivity contribution in [2.45, 2.75) is 44.6 Å². The summed E-state index contributed by atoms with van der Waals surface area (Å²) < 4.78 is 14.3. The van der Waals surface area contributed by atoms with Gasteiger partial charge in [-0.3, -0.25) is 4.98 Å². The van der Waals surface area contributed by atoms with E-state index in [1.165, 1.54) is 31.7 Å². The maximum atomic E-state index is 14.3. The van der Waals surface area contributed by atoms with Crippen LogP contribution >= 0.6 is 0 Å². The summed E-state index contributed by atoms with van der Waals surface area (Å²) in [5, 5.41) is 4.18. The van der Waals surface area contributed by atoms with E-state index in [0.29, 0.717) is 22.9 Å². The van der Waals surface area contributed by atoms with Crippen LogP contribution in [0.3, 0.4) is 0 Å². The van der Waals surface area contributed by atoms with Crippen molar-refractivity contribution in [3.05, 3.63) is 30.2 Å². The summed E-state index contributed by atoms with van der Waals surface area (Å²) in [5.74, 6) is -0.307. The number of nitrogens with zero attached hydrogens (tertiary/aromatic N) is 1. The topological polar surface area (TPSA) is 50.9 Å². The zero-order valence-electron chi connectivity index (χ0n) is 11.5. The smallest absolute Gasteiger partial charge is 0.150 e. The van der Waals surface area contributed by atoms with Gasteiger partial charge in [0.25, 0.3) is 0 Å². The highest BCUT2D eigenvalue weighted by Crippen LogP contribution is 2.31. The summed E-state index contributed by atoms with van der Waals surface area (Å²) in [4.78, 5) is 4.31. The van der Waals surface area contributed by atoms with E-state index in [1.807, 2.05) is 12.1 Å². The number of benzene rings is 1. The SMILES string of the molecule is Nc1cc(F)c(NC2CCCCCC2)c2ncccc12. The zero-order valence-corrected chi connectivity index (χ0v) is 11.5. The van der Waals surface area contributed by atoms with Crippen molar-refractivity contribution in [1.29, 1.82) is 0 Å². The van der Waals surface area contributed by atoms with E-state index in [0.717, 1.165) is 18.2 Å². The lowest BCUT2D eigenvalue weighted by molar-refractivity contribution is 0.599. The molecule has 0 aliphatic heterocycles. The van der Waals surface area contributed by atoms with Gasteiger partial charge in [-0.05, 0) is 31.0 Å². The van der Waals surface area contributed by atoms with E-state index in [1.54, 1.807) is 6.20 Å². The third-order valence-electron chi connectivity index (χ3n) is 4.08. The minimum Gasteiger partial charge on any atom is -0.398 e. The molecule has 0 bridgehead atoms. The lowest BCUT2D eigenvalue weighted by atomic mass is 10.1. The van der Waals surface area contributed by atoms with E-state index >= 15 is 0 Å². The Bertz CT molecular complexity index is 604. The molecular formula is C16H20FN3. The Morgan fingerprint density at radius 3 is 2.70 bits per heavy atom. The van der Waals surface area contributed by atoms with Gasteiger partial charge in [-0.2, -0.15) is 0 Å². The number of hydrogen-bond donors (Lipinski definition) is 2. The number of aromatic nitrogens is 1. The number of halogens is 1. The average molecular weight is 273 g/mol. The van der Waals surface area contributed by atoms with Gasteiger partial charge in [0.1, 0.15) is 0 Å². The molecule has 0 unspecified atom stereocenters. The first-order chi connectivity index (χ1) is 9.75. The number of hydrogen-bond acceptors (Lipinski definition) is 3. The summed E-state index contributed by atoms with van der Waals surface area (Å²) in [6.45, 7) is 0. The molecule has 2 aromatic rings. The summed E-state index contributed by atoms with van der Waals surface area (Å²) in [6, 6.07) is 5.44. The number of fused-ring (bicyclic) bond motifs is 1. The zero-order chi connectivity index (χ0) is 13.9. The Morgan fingerprint density at radius 1 is 1.20 bits per heavy atom. The summed E-state index contributed by atoms with van der Waals surface area (Å²) in [5.41, 5.74) is 7.45. The predicted molar refractivity (Wildman–Crippen MR) is 81.2 cm³/mol. The fraction of sp³-hybridized carbons (Fsp3) is 0.438. The maximum Gasteiger partial charge on any atom is 0.150 e. The van der Waals surface area contributed by atoms with Crippen LogP contribution in [0.15, 0.2) is 24.4 Å². The third-order valence-corrected chi connectivity index (χ3v) is 4.08. The second kappa shape index (κ2) is 5.65. The fourth-order valence-electron chi connectivity index (χ4n) is 3.00. The molecule has 106 valence electrons. The molecule has 4 heteroatoms. The Kier molecular flexibility index (Phi) is 3.72. The number of anilines is 2. The number of rotatable bonds is 2. The van der Waals surface area contributed by atoms with Crippen molar-refractivity contribution in [1.82, 2.24) is 4.98 Å². The molecule has 1 aliphatic carbocycles. The van der Waals surface area contributed by atoms with Crippen LogP contribution in [0, 0.1) is 5.82 Å².